The molecule has 0 aromatic rings. The number of unbranched alkanes of at least 4 members (excludes halogenated alkanes) is 2. The molecular formula is C24H48O5. The van der Waals surface area contributed by atoms with Gasteiger partial charge in [-0.2, -0.15) is 0 Å². The molecule has 0 saturated carbocycles. The van der Waals surface area contributed by atoms with Crippen LogP contribution in [0.4, 0.5) is 0 Å². The van der Waals surface area contributed by atoms with Gasteiger partial charge in [0.05, 0.1) is 33.0 Å². The van der Waals surface area contributed by atoms with Crippen molar-refractivity contribution >= 4 is 5.97 Å². The van der Waals surface area contributed by atoms with Crippen molar-refractivity contribution < 1.29 is 23.7 Å². The number of rotatable bonds is 22. The first-order valence-electron chi connectivity index (χ1n) is 12.1. The number of hydrogen-bond donors (Lipinski definition) is 0. The standard InChI is InChI=1S/C24H48O5/c1-5-9-12-22(7-3)20-28-19-18-27-17-16-26-15-11-14-24(25)29-21-23(8-4)13-10-6-2/h22-23H,5-21H2,1-4H3. The van der Waals surface area contributed by atoms with Crippen molar-refractivity contribution in [3.8, 4) is 0 Å². The quantitative estimate of drug-likeness (QED) is 0.165. The molecule has 5 nitrogen and oxygen atoms in total. The van der Waals surface area contributed by atoms with E-state index in [9.17, 15) is 4.79 Å². The molecule has 0 heterocycles. The van der Waals surface area contributed by atoms with Crippen molar-refractivity contribution in [3.05, 3.63) is 0 Å². The third-order valence-electron chi connectivity index (χ3n) is 5.33. The van der Waals surface area contributed by atoms with E-state index < -0.39 is 0 Å². The summed E-state index contributed by atoms with van der Waals surface area (Å²) in [5.74, 6) is 1.07. The number of carbonyl (C=O) groups is 1. The van der Waals surface area contributed by atoms with Gasteiger partial charge in [-0.25, -0.2) is 0 Å². The Hall–Kier alpha value is -0.650. The zero-order valence-electron chi connectivity index (χ0n) is 19.7. The van der Waals surface area contributed by atoms with E-state index >= 15 is 0 Å². The summed E-state index contributed by atoms with van der Waals surface area (Å²) < 4.78 is 22.1. The van der Waals surface area contributed by atoms with Crippen LogP contribution < -0.4 is 0 Å². The van der Waals surface area contributed by atoms with Gasteiger partial charge in [0.25, 0.3) is 0 Å². The van der Waals surface area contributed by atoms with Gasteiger partial charge >= 0.3 is 5.97 Å². The molecule has 0 amide bonds. The van der Waals surface area contributed by atoms with Crippen molar-refractivity contribution in [2.24, 2.45) is 11.8 Å². The predicted molar refractivity (Wildman–Crippen MR) is 119 cm³/mol. The first-order chi connectivity index (χ1) is 14.2. The van der Waals surface area contributed by atoms with Gasteiger partial charge in [-0.3, -0.25) is 4.79 Å². The molecule has 5 heteroatoms. The van der Waals surface area contributed by atoms with Gasteiger partial charge in [0.2, 0.25) is 0 Å². The second-order valence-corrected chi connectivity index (χ2v) is 7.92. The van der Waals surface area contributed by atoms with Gasteiger partial charge in [-0.05, 0) is 31.1 Å². The van der Waals surface area contributed by atoms with Crippen LogP contribution in [-0.4, -0.2) is 52.2 Å². The van der Waals surface area contributed by atoms with Gasteiger partial charge in [-0.1, -0.05) is 66.2 Å². The lowest BCUT2D eigenvalue weighted by Gasteiger charge is -2.14. The minimum absolute atomic E-state index is 0.110. The molecule has 0 radical (unpaired) electrons. The zero-order valence-corrected chi connectivity index (χ0v) is 19.7. The van der Waals surface area contributed by atoms with E-state index in [-0.39, 0.29) is 5.97 Å². The van der Waals surface area contributed by atoms with E-state index in [1.165, 1.54) is 38.5 Å². The molecule has 0 fully saturated rings. The Morgan fingerprint density at radius 1 is 0.655 bits per heavy atom. The SMILES string of the molecule is CCCCC(CC)COCCOCCOCCCC(=O)OCC(CC)CCCC. The van der Waals surface area contributed by atoms with E-state index in [4.69, 9.17) is 18.9 Å². The Balaban J connectivity index is 3.41. The van der Waals surface area contributed by atoms with E-state index in [2.05, 4.69) is 27.7 Å². The summed E-state index contributed by atoms with van der Waals surface area (Å²) in [6.07, 6.45) is 10.7. The van der Waals surface area contributed by atoms with Crippen LogP contribution in [0.2, 0.25) is 0 Å². The maximum Gasteiger partial charge on any atom is 0.305 e. The first-order valence-corrected chi connectivity index (χ1v) is 12.1. The lowest BCUT2D eigenvalue weighted by Crippen LogP contribution is -2.15. The van der Waals surface area contributed by atoms with E-state index in [0.717, 1.165) is 19.4 Å². The third kappa shape index (κ3) is 19.1. The average molecular weight is 417 g/mol. The second-order valence-electron chi connectivity index (χ2n) is 7.92. The van der Waals surface area contributed by atoms with Crippen LogP contribution in [0.25, 0.3) is 0 Å². The van der Waals surface area contributed by atoms with E-state index in [1.807, 2.05) is 0 Å². The Morgan fingerprint density at radius 2 is 1.17 bits per heavy atom. The van der Waals surface area contributed by atoms with Gasteiger partial charge in [0.15, 0.2) is 0 Å². The maximum absolute atomic E-state index is 11.8. The lowest BCUT2D eigenvalue weighted by molar-refractivity contribution is -0.145. The van der Waals surface area contributed by atoms with Crippen LogP contribution >= 0.6 is 0 Å². The summed E-state index contributed by atoms with van der Waals surface area (Å²) in [6, 6.07) is 0. The summed E-state index contributed by atoms with van der Waals surface area (Å²) in [6.45, 7) is 13.1. The number of carbonyl (C=O) groups excluding carboxylic acids is 1. The highest BCUT2D eigenvalue weighted by atomic mass is 16.5. The van der Waals surface area contributed by atoms with Gasteiger partial charge in [-0.15, -0.1) is 0 Å². The molecule has 0 spiro atoms. The third-order valence-corrected chi connectivity index (χ3v) is 5.33. The summed E-state index contributed by atoms with van der Waals surface area (Å²) in [4.78, 5) is 11.8. The van der Waals surface area contributed by atoms with E-state index in [0.29, 0.717) is 64.3 Å². The predicted octanol–water partition coefficient (Wildman–Crippen LogP) is 5.79. The molecule has 174 valence electrons. The highest BCUT2D eigenvalue weighted by Gasteiger charge is 2.10. The summed E-state index contributed by atoms with van der Waals surface area (Å²) in [7, 11) is 0. The smallest absolute Gasteiger partial charge is 0.305 e. The Morgan fingerprint density at radius 3 is 1.72 bits per heavy atom. The summed E-state index contributed by atoms with van der Waals surface area (Å²) in [5.41, 5.74) is 0. The van der Waals surface area contributed by atoms with Gasteiger partial charge in [0.1, 0.15) is 0 Å². The fourth-order valence-corrected chi connectivity index (χ4v) is 3.09. The molecule has 0 bridgehead atoms. The zero-order chi connectivity index (χ0) is 21.6. The van der Waals surface area contributed by atoms with Crippen molar-refractivity contribution in [2.45, 2.75) is 91.9 Å². The molecule has 29 heavy (non-hydrogen) atoms. The molecule has 2 atom stereocenters. The highest BCUT2D eigenvalue weighted by molar-refractivity contribution is 5.69. The van der Waals surface area contributed by atoms with Crippen molar-refractivity contribution in [2.75, 3.05) is 46.2 Å². The normalized spacial score (nSPS) is 13.4. The van der Waals surface area contributed by atoms with Crippen LogP contribution in [-0.2, 0) is 23.7 Å². The molecule has 0 aromatic carbocycles. The van der Waals surface area contributed by atoms with E-state index in [1.54, 1.807) is 0 Å². The maximum atomic E-state index is 11.8. The lowest BCUT2D eigenvalue weighted by atomic mass is 10.0. The molecule has 2 unspecified atom stereocenters. The molecule has 0 aromatic heterocycles. The second kappa shape index (κ2) is 22.0. The fraction of sp³-hybridized carbons (Fsp3) is 0.958. The summed E-state index contributed by atoms with van der Waals surface area (Å²) >= 11 is 0. The van der Waals surface area contributed by atoms with Crippen LogP contribution in [0.5, 0.6) is 0 Å². The monoisotopic (exact) mass is 416 g/mol. The Bertz CT molecular complexity index is 348. The number of hydrogen-bond acceptors (Lipinski definition) is 5. The van der Waals surface area contributed by atoms with Crippen LogP contribution in [0.3, 0.4) is 0 Å². The number of ether oxygens (including phenoxy) is 4. The highest BCUT2D eigenvalue weighted by Crippen LogP contribution is 2.14. The molecule has 0 aliphatic heterocycles. The first kappa shape index (κ1) is 28.4. The minimum atomic E-state index is -0.110. The van der Waals surface area contributed by atoms with Gasteiger partial charge in [0, 0.05) is 19.6 Å². The molecule has 0 aliphatic carbocycles. The Labute approximate surface area is 180 Å². The molecule has 0 rings (SSSR count). The molecule has 0 aliphatic rings. The van der Waals surface area contributed by atoms with Crippen molar-refractivity contribution in [3.63, 3.8) is 0 Å². The topological polar surface area (TPSA) is 54.0 Å². The van der Waals surface area contributed by atoms with Crippen molar-refractivity contribution in [1.82, 2.24) is 0 Å². The van der Waals surface area contributed by atoms with Crippen LogP contribution in [0.1, 0.15) is 91.9 Å². The molecule has 0 saturated heterocycles. The Kier molecular flexibility index (Phi) is 21.6. The van der Waals surface area contributed by atoms with Crippen LogP contribution in [0, 0.1) is 11.8 Å². The molecular weight excluding hydrogens is 368 g/mol. The fourth-order valence-electron chi connectivity index (χ4n) is 3.09. The van der Waals surface area contributed by atoms with Crippen LogP contribution in [0.15, 0.2) is 0 Å². The number of esters is 1. The minimum Gasteiger partial charge on any atom is -0.465 e. The van der Waals surface area contributed by atoms with Crippen molar-refractivity contribution in [1.29, 1.82) is 0 Å². The largest absolute Gasteiger partial charge is 0.465 e. The average Bonchev–Trinajstić information content (AvgIpc) is 2.74. The van der Waals surface area contributed by atoms with Gasteiger partial charge < -0.3 is 18.9 Å². The molecule has 0 N–H and O–H groups in total. The summed E-state index contributed by atoms with van der Waals surface area (Å²) in [5, 5.41) is 0.